The van der Waals surface area contributed by atoms with Crippen LogP contribution in [0.15, 0.2) is 35.5 Å². The number of carbonyl (C=O) groups is 2. The summed E-state index contributed by atoms with van der Waals surface area (Å²) >= 11 is 7.34. The van der Waals surface area contributed by atoms with E-state index in [1.165, 1.54) is 36.0 Å². The first kappa shape index (κ1) is 20.9. The molecule has 1 aliphatic carbocycles. The molecule has 4 rings (SSSR count). The maximum Gasteiger partial charge on any atom is 0.234 e. The van der Waals surface area contributed by atoms with Crippen LogP contribution >= 0.6 is 23.4 Å². The minimum absolute atomic E-state index is 0.0980. The van der Waals surface area contributed by atoms with Crippen molar-refractivity contribution in [2.45, 2.75) is 18.0 Å². The number of rotatable bonds is 6. The van der Waals surface area contributed by atoms with Gasteiger partial charge in [0, 0.05) is 43.9 Å². The Morgan fingerprint density at radius 2 is 1.83 bits per heavy atom. The predicted molar refractivity (Wildman–Crippen MR) is 114 cm³/mol. The minimum Gasteiger partial charge on any atom is -0.353 e. The second kappa shape index (κ2) is 9.18. The lowest BCUT2D eigenvalue weighted by molar-refractivity contribution is -0.132. The van der Waals surface area contributed by atoms with Crippen LogP contribution in [0.2, 0.25) is 5.15 Å². The Kier molecular flexibility index (Phi) is 6.38. The van der Waals surface area contributed by atoms with Gasteiger partial charge in [-0.3, -0.25) is 9.59 Å². The molecule has 30 heavy (non-hydrogen) atoms. The molecule has 1 aromatic heterocycles. The Balaban J connectivity index is 1.32. The fourth-order valence-electron chi connectivity index (χ4n) is 3.22. The lowest BCUT2D eigenvalue weighted by Gasteiger charge is -2.35. The molecule has 2 fully saturated rings. The van der Waals surface area contributed by atoms with Crippen LogP contribution in [0.25, 0.3) is 0 Å². The third-order valence-electron chi connectivity index (χ3n) is 4.96. The molecular formula is C20H21ClFN5O2S. The summed E-state index contributed by atoms with van der Waals surface area (Å²) in [5.41, 5.74) is 0.522. The number of thioether (sulfide) groups is 1. The van der Waals surface area contributed by atoms with Crippen molar-refractivity contribution in [3.63, 3.8) is 0 Å². The van der Waals surface area contributed by atoms with Crippen LogP contribution in [-0.4, -0.2) is 58.6 Å². The number of halogens is 2. The predicted octanol–water partition coefficient (Wildman–Crippen LogP) is 3.06. The molecule has 0 spiro atoms. The molecule has 1 aliphatic heterocycles. The van der Waals surface area contributed by atoms with Crippen LogP contribution in [0.4, 0.5) is 15.9 Å². The minimum atomic E-state index is -0.361. The highest BCUT2D eigenvalue weighted by molar-refractivity contribution is 7.99. The van der Waals surface area contributed by atoms with Crippen LogP contribution in [0.5, 0.6) is 0 Å². The van der Waals surface area contributed by atoms with Crippen LogP contribution in [0.1, 0.15) is 12.8 Å². The van der Waals surface area contributed by atoms with Gasteiger partial charge in [-0.05, 0) is 37.1 Å². The van der Waals surface area contributed by atoms with Gasteiger partial charge in [-0.1, -0.05) is 23.4 Å². The highest BCUT2D eigenvalue weighted by Gasteiger charge is 2.34. The van der Waals surface area contributed by atoms with Crippen molar-refractivity contribution in [1.29, 1.82) is 0 Å². The van der Waals surface area contributed by atoms with E-state index < -0.39 is 0 Å². The fraction of sp³-hybridized carbons (Fsp3) is 0.400. The number of piperazine rings is 1. The van der Waals surface area contributed by atoms with Gasteiger partial charge in [0.15, 0.2) is 5.16 Å². The van der Waals surface area contributed by atoms with Crippen molar-refractivity contribution < 1.29 is 14.0 Å². The number of nitrogens with zero attached hydrogens (tertiary/aromatic N) is 4. The number of aromatic nitrogens is 2. The number of benzene rings is 1. The third kappa shape index (κ3) is 5.40. The average Bonchev–Trinajstić information content (AvgIpc) is 3.59. The molecule has 2 aromatic rings. The van der Waals surface area contributed by atoms with Crippen LogP contribution in [-0.2, 0) is 9.59 Å². The number of nitrogens with one attached hydrogen (secondary N) is 1. The van der Waals surface area contributed by atoms with Gasteiger partial charge in [-0.15, -0.1) is 0 Å². The standard InChI is InChI=1S/C20H21ClFN5O2S/c21-16-11-17(26-7-9-27(10-8-26)19(29)13-1-2-13)25-20(24-16)30-12-18(28)23-15-5-3-14(22)4-6-15/h3-6,11,13H,1-2,7-10,12H2,(H,23,28). The molecule has 10 heteroatoms. The summed E-state index contributed by atoms with van der Waals surface area (Å²) in [4.78, 5) is 37.1. The largest absolute Gasteiger partial charge is 0.353 e. The maximum absolute atomic E-state index is 13.0. The van der Waals surface area contributed by atoms with Crippen molar-refractivity contribution in [3.05, 3.63) is 41.3 Å². The van der Waals surface area contributed by atoms with Crippen molar-refractivity contribution in [2.24, 2.45) is 5.92 Å². The van der Waals surface area contributed by atoms with E-state index in [1.54, 1.807) is 6.07 Å². The first-order chi connectivity index (χ1) is 14.5. The molecule has 2 heterocycles. The molecule has 1 saturated heterocycles. The van der Waals surface area contributed by atoms with E-state index in [4.69, 9.17) is 11.6 Å². The van der Waals surface area contributed by atoms with E-state index in [9.17, 15) is 14.0 Å². The molecule has 1 aromatic carbocycles. The zero-order chi connectivity index (χ0) is 21.1. The molecule has 158 valence electrons. The molecule has 0 bridgehead atoms. The fourth-order valence-corrected chi connectivity index (χ4v) is 4.10. The van der Waals surface area contributed by atoms with E-state index in [-0.39, 0.29) is 29.3 Å². The first-order valence-electron chi connectivity index (χ1n) is 9.74. The number of amides is 2. The molecule has 2 amide bonds. The second-order valence-electron chi connectivity index (χ2n) is 7.26. The van der Waals surface area contributed by atoms with Crippen LogP contribution in [0, 0.1) is 11.7 Å². The van der Waals surface area contributed by atoms with Gasteiger partial charge >= 0.3 is 0 Å². The van der Waals surface area contributed by atoms with E-state index in [1.807, 2.05) is 4.90 Å². The van der Waals surface area contributed by atoms with Gasteiger partial charge in [0.25, 0.3) is 0 Å². The zero-order valence-electron chi connectivity index (χ0n) is 16.2. The number of hydrogen-bond acceptors (Lipinski definition) is 6. The van der Waals surface area contributed by atoms with Gasteiger partial charge in [-0.25, -0.2) is 14.4 Å². The summed E-state index contributed by atoms with van der Waals surface area (Å²) in [7, 11) is 0. The highest BCUT2D eigenvalue weighted by Crippen LogP contribution is 2.31. The van der Waals surface area contributed by atoms with E-state index in [0.29, 0.717) is 48.0 Å². The Labute approximate surface area is 183 Å². The SMILES string of the molecule is O=C(CSc1nc(Cl)cc(N2CCN(C(=O)C3CC3)CC2)n1)Nc1ccc(F)cc1. The normalized spacial score (nSPS) is 16.5. The molecular weight excluding hydrogens is 429 g/mol. The van der Waals surface area contributed by atoms with E-state index >= 15 is 0 Å². The summed E-state index contributed by atoms with van der Waals surface area (Å²) < 4.78 is 13.0. The lowest BCUT2D eigenvalue weighted by Crippen LogP contribution is -2.49. The molecule has 1 N–H and O–H groups in total. The quantitative estimate of drug-likeness (QED) is 0.415. The summed E-state index contributed by atoms with van der Waals surface area (Å²) in [5, 5.41) is 3.41. The van der Waals surface area contributed by atoms with Crippen molar-refractivity contribution in [2.75, 3.05) is 42.1 Å². The van der Waals surface area contributed by atoms with Gasteiger partial charge in [0.05, 0.1) is 5.75 Å². The smallest absolute Gasteiger partial charge is 0.234 e. The third-order valence-corrected chi connectivity index (χ3v) is 6.00. The Morgan fingerprint density at radius 3 is 2.50 bits per heavy atom. The Bertz CT molecular complexity index is 933. The average molecular weight is 450 g/mol. The molecule has 0 unspecified atom stereocenters. The van der Waals surface area contributed by atoms with Gasteiger partial charge < -0.3 is 15.1 Å². The van der Waals surface area contributed by atoms with Gasteiger partial charge in [0.1, 0.15) is 16.8 Å². The first-order valence-corrected chi connectivity index (χ1v) is 11.1. The summed E-state index contributed by atoms with van der Waals surface area (Å²) in [6.45, 7) is 2.70. The van der Waals surface area contributed by atoms with Crippen LogP contribution in [0.3, 0.4) is 0 Å². The number of hydrogen-bond donors (Lipinski definition) is 1. The summed E-state index contributed by atoms with van der Waals surface area (Å²) in [6.07, 6.45) is 2.02. The Morgan fingerprint density at radius 1 is 1.13 bits per heavy atom. The zero-order valence-corrected chi connectivity index (χ0v) is 17.8. The summed E-state index contributed by atoms with van der Waals surface area (Å²) in [5.74, 6) is 0.674. The van der Waals surface area contributed by atoms with Crippen molar-refractivity contribution >= 4 is 46.7 Å². The maximum atomic E-state index is 13.0. The van der Waals surface area contributed by atoms with Crippen molar-refractivity contribution in [1.82, 2.24) is 14.9 Å². The molecule has 0 radical (unpaired) electrons. The summed E-state index contributed by atoms with van der Waals surface area (Å²) in [6, 6.07) is 7.27. The van der Waals surface area contributed by atoms with Gasteiger partial charge in [-0.2, -0.15) is 0 Å². The highest BCUT2D eigenvalue weighted by atomic mass is 35.5. The monoisotopic (exact) mass is 449 g/mol. The van der Waals surface area contributed by atoms with Crippen molar-refractivity contribution in [3.8, 4) is 0 Å². The van der Waals surface area contributed by atoms with Crippen LogP contribution < -0.4 is 10.2 Å². The molecule has 2 aliphatic rings. The van der Waals surface area contributed by atoms with E-state index in [0.717, 1.165) is 12.8 Å². The lowest BCUT2D eigenvalue weighted by atomic mass is 10.2. The van der Waals surface area contributed by atoms with Gasteiger partial charge in [0.2, 0.25) is 11.8 Å². The molecule has 1 saturated carbocycles. The Hall–Kier alpha value is -2.39. The molecule has 7 nitrogen and oxygen atoms in total. The number of carbonyl (C=O) groups excluding carboxylic acids is 2. The van der Waals surface area contributed by atoms with E-state index in [2.05, 4.69) is 20.2 Å². The second-order valence-corrected chi connectivity index (χ2v) is 8.59. The topological polar surface area (TPSA) is 78.4 Å². The number of anilines is 2. The molecule has 0 atom stereocenters.